The van der Waals surface area contributed by atoms with E-state index in [1.54, 1.807) is 36.7 Å². The molecule has 18 heavy (non-hydrogen) atoms. The molecule has 0 bridgehead atoms. The molecule has 5 nitrogen and oxygen atoms in total. The highest BCUT2D eigenvalue weighted by molar-refractivity contribution is 5.73. The second-order valence-electron chi connectivity index (χ2n) is 3.95. The molecule has 5 heteroatoms. The Morgan fingerprint density at radius 3 is 2.39 bits per heavy atom. The van der Waals surface area contributed by atoms with Gasteiger partial charge in [-0.1, -0.05) is 12.1 Å². The Hall–Kier alpha value is -2.27. The van der Waals surface area contributed by atoms with Gasteiger partial charge in [-0.3, -0.25) is 0 Å². The van der Waals surface area contributed by atoms with Crippen molar-refractivity contribution in [2.75, 3.05) is 0 Å². The maximum Gasteiger partial charge on any atom is 0.329 e. The smallest absolute Gasteiger partial charge is 0.329 e. The molecule has 0 aliphatic heterocycles. The zero-order valence-corrected chi connectivity index (χ0v) is 9.47. The first-order chi connectivity index (χ1) is 8.59. The zero-order chi connectivity index (χ0) is 13.1. The van der Waals surface area contributed by atoms with Gasteiger partial charge in [0.05, 0.1) is 0 Å². The molecule has 2 atom stereocenters. The van der Waals surface area contributed by atoms with E-state index in [-0.39, 0.29) is 5.75 Å². The summed E-state index contributed by atoms with van der Waals surface area (Å²) in [6.45, 7) is 0. The summed E-state index contributed by atoms with van der Waals surface area (Å²) < 4.78 is 1.41. The maximum absolute atomic E-state index is 11.3. The van der Waals surface area contributed by atoms with Crippen LogP contribution < -0.4 is 0 Å². The van der Waals surface area contributed by atoms with Crippen molar-refractivity contribution in [3.8, 4) is 5.75 Å². The molecule has 1 aromatic heterocycles. The van der Waals surface area contributed by atoms with Gasteiger partial charge in [-0.2, -0.15) is 0 Å². The van der Waals surface area contributed by atoms with E-state index >= 15 is 0 Å². The molecule has 0 saturated carbocycles. The lowest BCUT2D eigenvalue weighted by Gasteiger charge is -2.21. The Morgan fingerprint density at radius 2 is 1.83 bits per heavy atom. The fraction of sp³-hybridized carbons (Fsp3) is 0.154. The number of hydrogen-bond acceptors (Lipinski definition) is 3. The molecule has 0 aliphatic carbocycles. The Morgan fingerprint density at radius 1 is 1.17 bits per heavy atom. The van der Waals surface area contributed by atoms with Gasteiger partial charge in [0.2, 0.25) is 0 Å². The van der Waals surface area contributed by atoms with Crippen LogP contribution in [0.2, 0.25) is 0 Å². The number of aliphatic carboxylic acids is 1. The fourth-order valence-corrected chi connectivity index (χ4v) is 1.85. The van der Waals surface area contributed by atoms with Gasteiger partial charge in [0.1, 0.15) is 11.9 Å². The minimum atomic E-state index is -1.23. The van der Waals surface area contributed by atoms with Crippen molar-refractivity contribution in [3.63, 3.8) is 0 Å². The number of hydrogen-bond donors (Lipinski definition) is 3. The zero-order valence-electron chi connectivity index (χ0n) is 9.47. The average molecular weight is 247 g/mol. The standard InChI is InChI=1S/C13H13NO4/c15-10-5-3-4-9(8-10)12(16)11(13(17)18)14-6-1-2-7-14/h1-8,11-12,15-16H,(H,17,18). The molecule has 94 valence electrons. The molecule has 0 spiro atoms. The molecule has 2 aromatic rings. The van der Waals surface area contributed by atoms with E-state index in [1.807, 2.05) is 0 Å². The van der Waals surface area contributed by atoms with Gasteiger partial charge in [0.25, 0.3) is 0 Å². The molecule has 0 fully saturated rings. The molecule has 0 amide bonds. The summed E-state index contributed by atoms with van der Waals surface area (Å²) in [7, 11) is 0. The van der Waals surface area contributed by atoms with Crippen LogP contribution >= 0.6 is 0 Å². The predicted octanol–water partition coefficient (Wildman–Crippen LogP) is 1.55. The molecule has 0 aliphatic rings. The van der Waals surface area contributed by atoms with Gasteiger partial charge in [0, 0.05) is 12.4 Å². The first-order valence-corrected chi connectivity index (χ1v) is 5.42. The Labute approximate surface area is 104 Å². The summed E-state index contributed by atoms with van der Waals surface area (Å²) >= 11 is 0. The molecule has 1 heterocycles. The lowest BCUT2D eigenvalue weighted by Crippen LogP contribution is -2.24. The van der Waals surface area contributed by atoms with Gasteiger partial charge >= 0.3 is 5.97 Å². The normalized spacial score (nSPS) is 14.1. The number of aliphatic hydroxyl groups is 1. The lowest BCUT2D eigenvalue weighted by molar-refractivity contribution is -0.144. The number of rotatable bonds is 4. The minimum absolute atomic E-state index is 0.0109. The summed E-state index contributed by atoms with van der Waals surface area (Å²) in [5.41, 5.74) is 0.358. The van der Waals surface area contributed by atoms with E-state index in [4.69, 9.17) is 0 Å². The average Bonchev–Trinajstić information content (AvgIpc) is 2.82. The molecule has 2 unspecified atom stereocenters. The Balaban J connectivity index is 2.35. The van der Waals surface area contributed by atoms with E-state index in [0.717, 1.165) is 0 Å². The van der Waals surface area contributed by atoms with E-state index in [0.29, 0.717) is 5.56 Å². The molecular formula is C13H13NO4. The van der Waals surface area contributed by atoms with Gasteiger partial charge in [-0.05, 0) is 29.8 Å². The predicted molar refractivity (Wildman–Crippen MR) is 64.2 cm³/mol. The van der Waals surface area contributed by atoms with Crippen molar-refractivity contribution in [3.05, 3.63) is 54.4 Å². The molecule has 2 rings (SSSR count). The number of aromatic hydroxyl groups is 1. The summed E-state index contributed by atoms with van der Waals surface area (Å²) in [5, 5.41) is 28.7. The minimum Gasteiger partial charge on any atom is -0.508 e. The number of nitrogens with zero attached hydrogens (tertiary/aromatic N) is 1. The summed E-state index contributed by atoms with van der Waals surface area (Å²) in [6.07, 6.45) is 1.91. The van der Waals surface area contributed by atoms with Crippen LogP contribution in [0.3, 0.4) is 0 Å². The van der Waals surface area contributed by atoms with Crippen LogP contribution in [-0.2, 0) is 4.79 Å². The van der Waals surface area contributed by atoms with Gasteiger partial charge in [-0.25, -0.2) is 4.79 Å². The van der Waals surface area contributed by atoms with Crippen LogP contribution in [0.15, 0.2) is 48.8 Å². The highest BCUT2D eigenvalue weighted by atomic mass is 16.4. The van der Waals surface area contributed by atoms with Crippen LogP contribution in [0.1, 0.15) is 17.7 Å². The first kappa shape index (κ1) is 12.2. The number of phenols is 1. The summed E-state index contributed by atoms with van der Waals surface area (Å²) in [6, 6.07) is 8.19. The first-order valence-electron chi connectivity index (χ1n) is 5.42. The van der Waals surface area contributed by atoms with Gasteiger partial charge in [-0.15, -0.1) is 0 Å². The molecule has 0 radical (unpaired) electrons. The number of carboxylic acid groups (broad SMARTS) is 1. The maximum atomic E-state index is 11.3. The SMILES string of the molecule is O=C(O)C(C(O)c1cccc(O)c1)n1cccc1. The summed E-state index contributed by atoms with van der Waals surface area (Å²) in [4.78, 5) is 11.3. The third-order valence-corrected chi connectivity index (χ3v) is 2.71. The third-order valence-electron chi connectivity index (χ3n) is 2.71. The van der Waals surface area contributed by atoms with Crippen LogP contribution in [0.25, 0.3) is 0 Å². The Kier molecular flexibility index (Phi) is 3.34. The number of phenolic OH excluding ortho intramolecular Hbond substituents is 1. The van der Waals surface area contributed by atoms with E-state index in [1.165, 1.54) is 16.7 Å². The van der Waals surface area contributed by atoms with Crippen molar-refractivity contribution in [1.82, 2.24) is 4.57 Å². The topological polar surface area (TPSA) is 82.7 Å². The van der Waals surface area contributed by atoms with Crippen molar-refractivity contribution < 1.29 is 20.1 Å². The lowest BCUT2D eigenvalue weighted by atomic mass is 10.0. The third kappa shape index (κ3) is 2.36. The van der Waals surface area contributed by atoms with E-state index in [9.17, 15) is 20.1 Å². The number of carboxylic acids is 1. The van der Waals surface area contributed by atoms with Crippen molar-refractivity contribution in [2.45, 2.75) is 12.1 Å². The molecule has 0 saturated heterocycles. The van der Waals surface area contributed by atoms with E-state index < -0.39 is 18.1 Å². The second kappa shape index (κ2) is 4.93. The van der Waals surface area contributed by atoms with Crippen molar-refractivity contribution >= 4 is 5.97 Å². The van der Waals surface area contributed by atoms with Gasteiger partial charge < -0.3 is 19.9 Å². The molecule has 1 aromatic carbocycles. The quantitative estimate of drug-likeness (QED) is 0.765. The highest BCUT2D eigenvalue weighted by Crippen LogP contribution is 2.28. The van der Waals surface area contributed by atoms with Gasteiger partial charge in [0.15, 0.2) is 6.04 Å². The number of aromatic nitrogens is 1. The van der Waals surface area contributed by atoms with Crippen LogP contribution in [0.5, 0.6) is 5.75 Å². The van der Waals surface area contributed by atoms with Crippen molar-refractivity contribution in [1.29, 1.82) is 0 Å². The number of benzene rings is 1. The van der Waals surface area contributed by atoms with Crippen LogP contribution in [0.4, 0.5) is 0 Å². The monoisotopic (exact) mass is 247 g/mol. The second-order valence-corrected chi connectivity index (χ2v) is 3.95. The number of aliphatic hydroxyl groups excluding tert-OH is 1. The number of carbonyl (C=O) groups is 1. The molecule has 3 N–H and O–H groups in total. The van der Waals surface area contributed by atoms with Crippen LogP contribution in [0, 0.1) is 0 Å². The van der Waals surface area contributed by atoms with Crippen LogP contribution in [-0.4, -0.2) is 25.9 Å². The summed E-state index contributed by atoms with van der Waals surface area (Å²) in [5.74, 6) is -1.15. The largest absolute Gasteiger partial charge is 0.508 e. The Bertz CT molecular complexity index is 536. The molecular weight excluding hydrogens is 234 g/mol. The van der Waals surface area contributed by atoms with Crippen molar-refractivity contribution in [2.24, 2.45) is 0 Å². The van der Waals surface area contributed by atoms with E-state index in [2.05, 4.69) is 0 Å². The highest BCUT2D eigenvalue weighted by Gasteiger charge is 2.29. The fourth-order valence-electron chi connectivity index (χ4n) is 1.85.